The van der Waals surface area contributed by atoms with Crippen LogP contribution in [0.25, 0.3) is 0 Å². The Hall–Kier alpha value is -1.84. The number of guanidine groups is 1. The summed E-state index contributed by atoms with van der Waals surface area (Å²) in [6, 6.07) is 9.99. The smallest absolute Gasteiger partial charge is 0.229 e. The monoisotopic (exact) mass is 217 g/mol. The summed E-state index contributed by atoms with van der Waals surface area (Å²) in [7, 11) is 0. The Morgan fingerprint density at radius 1 is 1.44 bits per heavy atom. The third kappa shape index (κ3) is 2.39. The predicted octanol–water partition coefficient (Wildman–Crippen LogP) is 0.822. The Kier molecular flexibility index (Phi) is 2.64. The topological polar surface area (TPSA) is 67.5 Å². The number of rotatable bonds is 2. The van der Waals surface area contributed by atoms with Crippen LogP contribution in [0.1, 0.15) is 18.9 Å². The molecule has 16 heavy (non-hydrogen) atoms. The number of nitrogens with zero attached hydrogens (tertiary/aromatic N) is 1. The van der Waals surface area contributed by atoms with Gasteiger partial charge in [-0.25, -0.2) is 4.99 Å². The zero-order valence-electron chi connectivity index (χ0n) is 9.23. The highest BCUT2D eigenvalue weighted by molar-refractivity contribution is 5.98. The standard InChI is InChI=1S/C12H15N3O/c1-12(7-9-5-3-2-4-6-9)8-10(16)14-11(13)15-12/h2-6H,7-8H2,1H3,(H3,13,14,15,16). The van der Waals surface area contributed by atoms with Crippen molar-refractivity contribution >= 4 is 11.9 Å². The molecule has 1 amide bonds. The molecule has 1 aromatic rings. The van der Waals surface area contributed by atoms with E-state index in [0.29, 0.717) is 6.42 Å². The first-order valence-corrected chi connectivity index (χ1v) is 5.26. The molecule has 0 bridgehead atoms. The van der Waals surface area contributed by atoms with Crippen LogP contribution in [0, 0.1) is 0 Å². The lowest BCUT2D eigenvalue weighted by Gasteiger charge is -2.29. The van der Waals surface area contributed by atoms with E-state index in [1.807, 2.05) is 37.3 Å². The van der Waals surface area contributed by atoms with Crippen LogP contribution in [0.3, 0.4) is 0 Å². The van der Waals surface area contributed by atoms with Crippen LogP contribution in [0.2, 0.25) is 0 Å². The molecule has 1 heterocycles. The number of nitrogens with two attached hydrogens (primary N) is 1. The third-order valence-electron chi connectivity index (χ3n) is 2.63. The van der Waals surface area contributed by atoms with Gasteiger partial charge in [0.15, 0.2) is 5.96 Å². The van der Waals surface area contributed by atoms with E-state index in [1.54, 1.807) is 0 Å². The van der Waals surface area contributed by atoms with Crippen LogP contribution in [-0.2, 0) is 11.2 Å². The number of nitrogens with one attached hydrogen (secondary N) is 1. The van der Waals surface area contributed by atoms with Gasteiger partial charge in [-0.3, -0.25) is 10.1 Å². The van der Waals surface area contributed by atoms with Gasteiger partial charge in [0.2, 0.25) is 5.91 Å². The molecular formula is C12H15N3O. The van der Waals surface area contributed by atoms with E-state index in [-0.39, 0.29) is 11.9 Å². The minimum absolute atomic E-state index is 0.0640. The van der Waals surface area contributed by atoms with Crippen molar-refractivity contribution in [2.24, 2.45) is 10.7 Å². The van der Waals surface area contributed by atoms with Crippen LogP contribution in [-0.4, -0.2) is 17.4 Å². The molecule has 2 rings (SSSR count). The van der Waals surface area contributed by atoms with Crippen molar-refractivity contribution in [2.75, 3.05) is 0 Å². The number of aliphatic imine (C=N–C) groups is 1. The summed E-state index contributed by atoms with van der Waals surface area (Å²) in [6.07, 6.45) is 1.10. The van der Waals surface area contributed by atoms with Crippen molar-refractivity contribution in [3.63, 3.8) is 0 Å². The average Bonchev–Trinajstić information content (AvgIpc) is 2.15. The second-order valence-electron chi connectivity index (χ2n) is 4.38. The first kappa shape index (κ1) is 10.7. The van der Waals surface area contributed by atoms with Crippen molar-refractivity contribution in [2.45, 2.75) is 25.3 Å². The van der Waals surface area contributed by atoms with Gasteiger partial charge in [-0.1, -0.05) is 30.3 Å². The zero-order valence-corrected chi connectivity index (χ0v) is 9.23. The number of carbonyl (C=O) groups is 1. The number of hydrogen-bond donors (Lipinski definition) is 2. The highest BCUT2D eigenvalue weighted by atomic mass is 16.1. The molecule has 1 aromatic carbocycles. The number of hydrogen-bond acceptors (Lipinski definition) is 3. The van der Waals surface area contributed by atoms with Gasteiger partial charge >= 0.3 is 0 Å². The molecule has 1 unspecified atom stereocenters. The molecule has 0 saturated heterocycles. The largest absolute Gasteiger partial charge is 0.370 e. The molecule has 1 aliphatic heterocycles. The van der Waals surface area contributed by atoms with Crippen molar-refractivity contribution in [3.8, 4) is 0 Å². The molecule has 84 valence electrons. The van der Waals surface area contributed by atoms with E-state index in [9.17, 15) is 4.79 Å². The van der Waals surface area contributed by atoms with Crippen LogP contribution >= 0.6 is 0 Å². The van der Waals surface area contributed by atoms with E-state index in [0.717, 1.165) is 12.0 Å². The predicted molar refractivity (Wildman–Crippen MR) is 62.9 cm³/mol. The lowest BCUT2D eigenvalue weighted by molar-refractivity contribution is -0.121. The van der Waals surface area contributed by atoms with Gasteiger partial charge in [-0.2, -0.15) is 0 Å². The van der Waals surface area contributed by atoms with E-state index in [2.05, 4.69) is 10.3 Å². The number of benzene rings is 1. The van der Waals surface area contributed by atoms with E-state index in [4.69, 9.17) is 5.73 Å². The van der Waals surface area contributed by atoms with Crippen LogP contribution in [0.5, 0.6) is 0 Å². The van der Waals surface area contributed by atoms with Crippen molar-refractivity contribution in [1.29, 1.82) is 0 Å². The quantitative estimate of drug-likeness (QED) is 0.770. The van der Waals surface area contributed by atoms with Gasteiger partial charge in [0.1, 0.15) is 0 Å². The Morgan fingerprint density at radius 3 is 2.75 bits per heavy atom. The second kappa shape index (κ2) is 3.96. The molecule has 1 atom stereocenters. The summed E-state index contributed by atoms with van der Waals surface area (Å²) in [5.74, 6) is 0.153. The average molecular weight is 217 g/mol. The number of carbonyl (C=O) groups excluding carboxylic acids is 1. The summed E-state index contributed by atoms with van der Waals surface area (Å²) in [6.45, 7) is 1.95. The summed E-state index contributed by atoms with van der Waals surface area (Å²) in [5.41, 5.74) is 6.31. The molecule has 0 saturated carbocycles. The molecular weight excluding hydrogens is 202 g/mol. The van der Waals surface area contributed by atoms with Gasteiger partial charge in [0.25, 0.3) is 0 Å². The molecule has 0 radical (unpaired) electrons. The van der Waals surface area contributed by atoms with Crippen molar-refractivity contribution in [3.05, 3.63) is 35.9 Å². The molecule has 4 nitrogen and oxygen atoms in total. The van der Waals surface area contributed by atoms with Gasteiger partial charge in [0.05, 0.1) is 12.0 Å². The molecule has 3 N–H and O–H groups in total. The van der Waals surface area contributed by atoms with E-state index in [1.165, 1.54) is 0 Å². The second-order valence-corrected chi connectivity index (χ2v) is 4.38. The Morgan fingerprint density at radius 2 is 2.12 bits per heavy atom. The summed E-state index contributed by atoms with van der Waals surface area (Å²) in [5, 5.41) is 2.51. The Labute approximate surface area is 94.6 Å². The maximum Gasteiger partial charge on any atom is 0.229 e. The minimum atomic E-state index is -0.423. The summed E-state index contributed by atoms with van der Waals surface area (Å²) in [4.78, 5) is 15.7. The highest BCUT2D eigenvalue weighted by Gasteiger charge is 2.31. The van der Waals surface area contributed by atoms with Gasteiger partial charge in [-0.15, -0.1) is 0 Å². The van der Waals surface area contributed by atoms with Crippen molar-refractivity contribution < 1.29 is 4.79 Å². The van der Waals surface area contributed by atoms with E-state index < -0.39 is 5.54 Å². The van der Waals surface area contributed by atoms with Gasteiger partial charge in [0, 0.05) is 0 Å². The lowest BCUT2D eigenvalue weighted by atomic mass is 9.89. The molecule has 0 spiro atoms. The fourth-order valence-corrected chi connectivity index (χ4v) is 2.03. The maximum absolute atomic E-state index is 11.4. The third-order valence-corrected chi connectivity index (χ3v) is 2.63. The minimum Gasteiger partial charge on any atom is -0.370 e. The molecule has 1 aliphatic rings. The molecule has 4 heteroatoms. The normalized spacial score (nSPS) is 24.8. The zero-order chi connectivity index (χ0) is 11.6. The first-order valence-electron chi connectivity index (χ1n) is 5.26. The van der Waals surface area contributed by atoms with Crippen LogP contribution < -0.4 is 11.1 Å². The summed E-state index contributed by atoms with van der Waals surface area (Å²) >= 11 is 0. The Balaban J connectivity index is 2.20. The first-order chi connectivity index (χ1) is 7.57. The summed E-state index contributed by atoms with van der Waals surface area (Å²) < 4.78 is 0. The van der Waals surface area contributed by atoms with Crippen molar-refractivity contribution in [1.82, 2.24) is 5.32 Å². The Bertz CT molecular complexity index is 427. The van der Waals surface area contributed by atoms with Crippen LogP contribution in [0.15, 0.2) is 35.3 Å². The SMILES string of the molecule is CC1(Cc2ccccc2)CC(=O)NC(N)=N1. The van der Waals surface area contributed by atoms with Gasteiger partial charge in [-0.05, 0) is 18.9 Å². The van der Waals surface area contributed by atoms with Crippen LogP contribution in [0.4, 0.5) is 0 Å². The van der Waals surface area contributed by atoms with E-state index >= 15 is 0 Å². The molecule has 0 fully saturated rings. The van der Waals surface area contributed by atoms with Gasteiger partial charge < -0.3 is 5.73 Å². The highest BCUT2D eigenvalue weighted by Crippen LogP contribution is 2.23. The number of amides is 1. The fourth-order valence-electron chi connectivity index (χ4n) is 2.03. The maximum atomic E-state index is 11.4. The molecule has 0 aromatic heterocycles. The molecule has 0 aliphatic carbocycles. The lowest BCUT2D eigenvalue weighted by Crippen LogP contribution is -2.48. The fraction of sp³-hybridized carbons (Fsp3) is 0.333.